The maximum absolute atomic E-state index is 12.5. The Morgan fingerprint density at radius 3 is 2.04 bits per heavy atom. The number of carbonyl (C=O) groups is 4. The fourth-order valence-corrected chi connectivity index (χ4v) is 3.45. The van der Waals surface area contributed by atoms with Crippen LogP contribution in [0.4, 0.5) is 5.69 Å². The van der Waals surface area contributed by atoms with Gasteiger partial charge in [0.25, 0.3) is 29.0 Å². The molecule has 0 atom stereocenters. The van der Waals surface area contributed by atoms with Gasteiger partial charge in [-0.1, -0.05) is 42.0 Å². The van der Waals surface area contributed by atoms with Gasteiger partial charge in [0.05, 0.1) is 5.69 Å². The van der Waals surface area contributed by atoms with Crippen molar-refractivity contribution < 1.29 is 19.2 Å². The predicted octanol–water partition coefficient (Wildman–Crippen LogP) is 1.44. The van der Waals surface area contributed by atoms with Crippen LogP contribution in [0, 0.1) is 12.3 Å². The summed E-state index contributed by atoms with van der Waals surface area (Å²) in [5.74, 6) is -3.01. The highest BCUT2D eigenvalue weighted by Gasteiger charge is 2.79. The number of imide groups is 2. The Kier molecular flexibility index (Phi) is 3.34. The third-order valence-corrected chi connectivity index (χ3v) is 5.00. The number of nitrogens with zero attached hydrogens (tertiary/aromatic N) is 2. The molecule has 0 aromatic heterocycles. The van der Waals surface area contributed by atoms with Crippen LogP contribution >= 0.6 is 0 Å². The monoisotopic (exact) mass is 348 g/mol. The van der Waals surface area contributed by atoms with E-state index in [1.807, 2.05) is 37.3 Å². The smallest absolute Gasteiger partial charge is 0.282 e. The summed E-state index contributed by atoms with van der Waals surface area (Å²) in [7, 11) is 1.27. The molecule has 2 saturated heterocycles. The van der Waals surface area contributed by atoms with Gasteiger partial charge in [-0.2, -0.15) is 0 Å². The highest BCUT2D eigenvalue weighted by molar-refractivity contribution is 6.59. The first kappa shape index (κ1) is 16.2. The van der Waals surface area contributed by atoms with E-state index in [2.05, 4.69) is 0 Å². The maximum Gasteiger partial charge on any atom is 0.285 e. The first-order valence-electron chi connectivity index (χ1n) is 8.23. The Morgan fingerprint density at radius 2 is 1.42 bits per heavy atom. The molecular weight excluding hydrogens is 332 g/mol. The third-order valence-electron chi connectivity index (χ3n) is 5.00. The number of β-lactam (4-membered cyclic amide) rings is 4. The molecular formula is C20H16N2O4. The van der Waals surface area contributed by atoms with Gasteiger partial charge in [0.15, 0.2) is 0 Å². The van der Waals surface area contributed by atoms with E-state index in [1.165, 1.54) is 12.6 Å². The minimum absolute atomic E-state index is 0.380. The second-order valence-electron chi connectivity index (χ2n) is 6.70. The van der Waals surface area contributed by atoms with Crippen molar-refractivity contribution in [3.05, 3.63) is 65.2 Å². The molecule has 1 spiro atoms. The number of hydrogen-bond donors (Lipinski definition) is 0. The molecule has 2 heterocycles. The van der Waals surface area contributed by atoms with Gasteiger partial charge in [-0.3, -0.25) is 24.1 Å². The second kappa shape index (κ2) is 5.36. The summed E-state index contributed by atoms with van der Waals surface area (Å²) in [6.07, 6.45) is 0.649. The molecule has 6 heteroatoms. The lowest BCUT2D eigenvalue weighted by Crippen LogP contribution is -2.83. The number of hydrogen-bond acceptors (Lipinski definition) is 4. The van der Waals surface area contributed by atoms with Gasteiger partial charge in [-0.25, -0.2) is 4.90 Å². The van der Waals surface area contributed by atoms with E-state index in [-0.39, 0.29) is 0 Å². The average molecular weight is 348 g/mol. The van der Waals surface area contributed by atoms with Crippen LogP contribution in [0.25, 0.3) is 0 Å². The summed E-state index contributed by atoms with van der Waals surface area (Å²) in [5, 5.41) is 0. The lowest BCUT2D eigenvalue weighted by Gasteiger charge is -2.51. The Labute approximate surface area is 150 Å². The summed E-state index contributed by atoms with van der Waals surface area (Å²) in [4.78, 5) is 50.6. The minimum Gasteiger partial charge on any atom is -0.282 e. The van der Waals surface area contributed by atoms with E-state index in [9.17, 15) is 19.2 Å². The van der Waals surface area contributed by atoms with E-state index in [4.69, 9.17) is 0 Å². The zero-order valence-electron chi connectivity index (χ0n) is 14.4. The minimum atomic E-state index is -2.12. The highest BCUT2D eigenvalue weighted by Crippen LogP contribution is 2.46. The van der Waals surface area contributed by atoms with Gasteiger partial charge in [-0.05, 0) is 36.6 Å². The largest absolute Gasteiger partial charge is 0.285 e. The lowest BCUT2D eigenvalue weighted by atomic mass is 9.69. The average Bonchev–Trinajstić information content (AvgIpc) is 2.64. The Morgan fingerprint density at radius 1 is 0.808 bits per heavy atom. The fourth-order valence-electron chi connectivity index (χ4n) is 3.45. The van der Waals surface area contributed by atoms with E-state index >= 15 is 0 Å². The first-order valence-corrected chi connectivity index (χ1v) is 8.23. The maximum atomic E-state index is 12.5. The molecule has 0 N–H and O–H groups in total. The van der Waals surface area contributed by atoms with Gasteiger partial charge < -0.3 is 0 Å². The molecule has 2 aromatic rings. The van der Waals surface area contributed by atoms with Crippen molar-refractivity contribution in [1.29, 1.82) is 0 Å². The van der Waals surface area contributed by atoms with Gasteiger partial charge in [0.2, 0.25) is 0 Å². The Hall–Kier alpha value is -3.28. The quantitative estimate of drug-likeness (QED) is 0.621. The Bertz CT molecular complexity index is 944. The molecule has 0 bridgehead atoms. The standard InChI is InChI=1S/C20H16N2O4/c1-12-6-8-13(9-7-12)10-14-4-3-5-15(11-14)22-18(25)20(19(22)26)16(23)21(2)17(20)24/h3-9,11H,10H2,1-2H3. The van der Waals surface area contributed by atoms with E-state index < -0.39 is 29.0 Å². The molecule has 6 nitrogen and oxygen atoms in total. The molecule has 4 rings (SSSR count). The second-order valence-corrected chi connectivity index (χ2v) is 6.70. The van der Waals surface area contributed by atoms with Crippen LogP contribution < -0.4 is 4.90 Å². The van der Waals surface area contributed by atoms with Crippen LogP contribution in [0.5, 0.6) is 0 Å². The molecule has 2 aliphatic rings. The van der Waals surface area contributed by atoms with E-state index in [0.717, 1.165) is 20.9 Å². The predicted molar refractivity (Wildman–Crippen MR) is 93.1 cm³/mol. The molecule has 0 radical (unpaired) electrons. The zero-order valence-corrected chi connectivity index (χ0v) is 14.4. The van der Waals surface area contributed by atoms with Gasteiger partial charge in [0.1, 0.15) is 0 Å². The summed E-state index contributed by atoms with van der Waals surface area (Å²) >= 11 is 0. The molecule has 4 amide bonds. The van der Waals surface area contributed by atoms with Gasteiger partial charge in [0, 0.05) is 7.05 Å². The molecule has 2 aromatic carbocycles. The fraction of sp³-hybridized carbons (Fsp3) is 0.200. The van der Waals surface area contributed by atoms with Crippen LogP contribution in [0.15, 0.2) is 48.5 Å². The highest BCUT2D eigenvalue weighted by atomic mass is 16.2. The number of likely N-dealkylation sites (tertiary alicyclic amines) is 1. The molecule has 0 aliphatic carbocycles. The van der Waals surface area contributed by atoms with Crippen LogP contribution in [0.3, 0.4) is 0 Å². The summed E-state index contributed by atoms with van der Waals surface area (Å²) in [5.41, 5.74) is 1.46. The van der Waals surface area contributed by atoms with Crippen molar-refractivity contribution in [2.75, 3.05) is 11.9 Å². The van der Waals surface area contributed by atoms with Crippen molar-refractivity contribution in [2.24, 2.45) is 5.41 Å². The summed E-state index contributed by atoms with van der Waals surface area (Å²) < 4.78 is 0. The van der Waals surface area contributed by atoms with Crippen molar-refractivity contribution >= 4 is 29.3 Å². The molecule has 26 heavy (non-hydrogen) atoms. The molecule has 0 saturated carbocycles. The molecule has 0 unspecified atom stereocenters. The number of aryl methyl sites for hydroxylation is 1. The number of amides is 4. The molecule has 2 aliphatic heterocycles. The van der Waals surface area contributed by atoms with Gasteiger partial charge in [-0.15, -0.1) is 0 Å². The SMILES string of the molecule is Cc1ccc(Cc2cccc(N3C(=O)C4(C(=O)N(C)C4=O)C3=O)c2)cc1. The van der Waals surface area contributed by atoms with E-state index in [1.54, 1.807) is 18.2 Å². The number of carbonyl (C=O) groups excluding carboxylic acids is 4. The number of anilines is 1. The summed E-state index contributed by atoms with van der Waals surface area (Å²) in [6.45, 7) is 2.02. The van der Waals surface area contributed by atoms with Crippen molar-refractivity contribution in [3.8, 4) is 0 Å². The molecule has 130 valence electrons. The van der Waals surface area contributed by atoms with Gasteiger partial charge >= 0.3 is 0 Å². The van der Waals surface area contributed by atoms with Crippen molar-refractivity contribution in [1.82, 2.24) is 4.90 Å². The lowest BCUT2D eigenvalue weighted by molar-refractivity contribution is -0.184. The van der Waals surface area contributed by atoms with Crippen LogP contribution in [0.2, 0.25) is 0 Å². The normalized spacial score (nSPS) is 18.2. The topological polar surface area (TPSA) is 74.8 Å². The summed E-state index contributed by atoms with van der Waals surface area (Å²) in [6, 6.07) is 15.1. The molecule has 2 fully saturated rings. The van der Waals surface area contributed by atoms with E-state index in [0.29, 0.717) is 12.1 Å². The number of rotatable bonds is 3. The first-order chi connectivity index (χ1) is 12.4. The third kappa shape index (κ3) is 1.92. The van der Waals surface area contributed by atoms with Crippen LogP contribution in [-0.4, -0.2) is 35.6 Å². The van der Waals surface area contributed by atoms with Crippen molar-refractivity contribution in [2.45, 2.75) is 13.3 Å². The zero-order chi connectivity index (χ0) is 18.6. The number of benzene rings is 2. The van der Waals surface area contributed by atoms with Crippen molar-refractivity contribution in [3.63, 3.8) is 0 Å². The van der Waals surface area contributed by atoms with Crippen LogP contribution in [0.1, 0.15) is 16.7 Å². The Balaban J connectivity index is 1.59. The van der Waals surface area contributed by atoms with Crippen LogP contribution in [-0.2, 0) is 25.6 Å².